The zero-order valence-electron chi connectivity index (χ0n) is 7.52. The molecule has 1 aromatic rings. The Morgan fingerprint density at radius 3 is 2.21 bits per heavy atom. The molecular formula is C9H10BrF2NO. The first kappa shape index (κ1) is 11.6. The molecule has 0 aliphatic carbocycles. The van der Waals surface area contributed by atoms with Crippen LogP contribution in [-0.4, -0.2) is 11.7 Å². The van der Waals surface area contributed by atoms with Crippen LogP contribution in [0.1, 0.15) is 12.5 Å². The predicted molar refractivity (Wildman–Crippen MR) is 52.7 cm³/mol. The number of hydrogen-bond acceptors (Lipinski definition) is 2. The van der Waals surface area contributed by atoms with Crippen molar-refractivity contribution in [2.24, 2.45) is 5.73 Å². The molecule has 0 amide bonds. The molecule has 0 aliphatic heterocycles. The zero-order chi connectivity index (χ0) is 10.9. The maximum absolute atomic E-state index is 13.3. The highest BCUT2D eigenvalue weighted by Gasteiger charge is 2.28. The lowest BCUT2D eigenvalue weighted by atomic mass is 9.93. The molecule has 0 saturated carbocycles. The summed E-state index contributed by atoms with van der Waals surface area (Å²) in [5.41, 5.74) is 3.83. The van der Waals surface area contributed by atoms with Gasteiger partial charge in [0.1, 0.15) is 11.6 Å². The van der Waals surface area contributed by atoms with Gasteiger partial charge in [-0.1, -0.05) is 15.9 Å². The summed E-state index contributed by atoms with van der Waals surface area (Å²) >= 11 is 2.95. The molecular weight excluding hydrogens is 256 g/mol. The summed E-state index contributed by atoms with van der Waals surface area (Å²) in [5, 5.41) is 8.90. The lowest BCUT2D eigenvalue weighted by Crippen LogP contribution is -2.38. The van der Waals surface area contributed by atoms with Crippen LogP contribution in [0.5, 0.6) is 0 Å². The molecule has 2 nitrogen and oxygen atoms in total. The third-order valence-corrected chi connectivity index (χ3v) is 2.36. The SMILES string of the molecule is C[C@@](N)(CO)c1c(F)cc(Br)cc1F. The van der Waals surface area contributed by atoms with Crippen LogP contribution < -0.4 is 5.73 Å². The number of nitrogens with two attached hydrogens (primary N) is 1. The van der Waals surface area contributed by atoms with Gasteiger partial charge >= 0.3 is 0 Å². The Balaban J connectivity index is 3.35. The minimum Gasteiger partial charge on any atom is -0.394 e. The Kier molecular flexibility index (Phi) is 3.24. The molecule has 0 saturated heterocycles. The third kappa shape index (κ3) is 2.10. The molecule has 14 heavy (non-hydrogen) atoms. The van der Waals surface area contributed by atoms with E-state index in [1.807, 2.05) is 0 Å². The Labute approximate surface area is 88.9 Å². The van der Waals surface area contributed by atoms with Gasteiger partial charge in [-0.2, -0.15) is 0 Å². The maximum atomic E-state index is 13.3. The van der Waals surface area contributed by atoms with Crippen molar-refractivity contribution in [3.8, 4) is 0 Å². The van der Waals surface area contributed by atoms with E-state index in [1.54, 1.807) is 0 Å². The van der Waals surface area contributed by atoms with Crippen molar-refractivity contribution in [2.45, 2.75) is 12.5 Å². The number of aliphatic hydroxyl groups is 1. The second kappa shape index (κ2) is 3.92. The van der Waals surface area contributed by atoms with Gasteiger partial charge in [-0.05, 0) is 19.1 Å². The van der Waals surface area contributed by atoms with Crippen LogP contribution in [-0.2, 0) is 5.54 Å². The van der Waals surface area contributed by atoms with Crippen LogP contribution in [0.3, 0.4) is 0 Å². The van der Waals surface area contributed by atoms with Gasteiger partial charge in [0.25, 0.3) is 0 Å². The van der Waals surface area contributed by atoms with Gasteiger partial charge in [0.15, 0.2) is 0 Å². The van der Waals surface area contributed by atoms with E-state index in [-0.39, 0.29) is 5.56 Å². The highest BCUT2D eigenvalue weighted by molar-refractivity contribution is 9.10. The van der Waals surface area contributed by atoms with E-state index in [9.17, 15) is 8.78 Å². The molecule has 3 N–H and O–H groups in total. The van der Waals surface area contributed by atoms with E-state index in [0.29, 0.717) is 4.47 Å². The molecule has 0 unspecified atom stereocenters. The number of halogens is 3. The molecule has 0 heterocycles. The van der Waals surface area contributed by atoms with E-state index >= 15 is 0 Å². The largest absolute Gasteiger partial charge is 0.394 e. The first-order chi connectivity index (χ1) is 6.38. The molecule has 1 rings (SSSR count). The summed E-state index contributed by atoms with van der Waals surface area (Å²) in [7, 11) is 0. The highest BCUT2D eigenvalue weighted by atomic mass is 79.9. The summed E-state index contributed by atoms with van der Waals surface area (Å²) in [5.74, 6) is -1.54. The van der Waals surface area contributed by atoms with Gasteiger partial charge in [-0.25, -0.2) is 8.78 Å². The fourth-order valence-corrected chi connectivity index (χ4v) is 1.57. The van der Waals surface area contributed by atoms with E-state index in [1.165, 1.54) is 6.92 Å². The minimum absolute atomic E-state index is 0.296. The average Bonchev–Trinajstić information content (AvgIpc) is 2.01. The molecule has 1 aromatic carbocycles. The van der Waals surface area contributed by atoms with Crippen LogP contribution in [0.25, 0.3) is 0 Å². The smallest absolute Gasteiger partial charge is 0.132 e. The van der Waals surface area contributed by atoms with Crippen LogP contribution >= 0.6 is 15.9 Å². The van der Waals surface area contributed by atoms with Crippen molar-refractivity contribution >= 4 is 15.9 Å². The number of hydrogen-bond donors (Lipinski definition) is 2. The molecule has 5 heteroatoms. The quantitative estimate of drug-likeness (QED) is 0.858. The van der Waals surface area contributed by atoms with Crippen LogP contribution in [0.15, 0.2) is 16.6 Å². The Bertz CT molecular complexity index is 332. The summed E-state index contributed by atoms with van der Waals surface area (Å²) in [6, 6.07) is 2.22. The summed E-state index contributed by atoms with van der Waals surface area (Å²) in [6.07, 6.45) is 0. The standard InChI is InChI=1S/C9H10BrF2NO/c1-9(13,4-14)8-6(11)2-5(10)3-7(8)12/h2-3,14H,4,13H2,1H3/t9-/m1/s1. The van der Waals surface area contributed by atoms with Crippen molar-refractivity contribution < 1.29 is 13.9 Å². The van der Waals surface area contributed by atoms with Gasteiger partial charge in [0.05, 0.1) is 12.1 Å². The second-order valence-corrected chi connectivity index (χ2v) is 4.24. The topological polar surface area (TPSA) is 46.2 Å². The zero-order valence-corrected chi connectivity index (χ0v) is 9.11. The van der Waals surface area contributed by atoms with Crippen LogP contribution in [0.2, 0.25) is 0 Å². The Morgan fingerprint density at radius 1 is 1.43 bits per heavy atom. The molecule has 0 spiro atoms. The maximum Gasteiger partial charge on any atom is 0.132 e. The van der Waals surface area contributed by atoms with E-state index in [0.717, 1.165) is 12.1 Å². The Hall–Kier alpha value is -0.520. The second-order valence-electron chi connectivity index (χ2n) is 3.32. The summed E-state index contributed by atoms with van der Waals surface area (Å²) < 4.78 is 27.0. The fraction of sp³-hybridized carbons (Fsp3) is 0.333. The highest BCUT2D eigenvalue weighted by Crippen LogP contribution is 2.26. The van der Waals surface area contributed by atoms with E-state index in [4.69, 9.17) is 10.8 Å². The van der Waals surface area contributed by atoms with Crippen molar-refractivity contribution in [2.75, 3.05) is 6.61 Å². The number of aliphatic hydroxyl groups excluding tert-OH is 1. The van der Waals surface area contributed by atoms with Gasteiger partial charge in [-0.15, -0.1) is 0 Å². The normalized spacial score (nSPS) is 15.3. The predicted octanol–water partition coefficient (Wildman–Crippen LogP) is 1.89. The molecule has 0 radical (unpaired) electrons. The lowest BCUT2D eigenvalue weighted by molar-refractivity contribution is 0.202. The summed E-state index contributed by atoms with van der Waals surface area (Å²) in [4.78, 5) is 0. The van der Waals surface area contributed by atoms with Gasteiger partial charge in [-0.3, -0.25) is 0 Å². The summed E-state index contributed by atoms with van der Waals surface area (Å²) in [6.45, 7) is 0.838. The van der Waals surface area contributed by atoms with Crippen molar-refractivity contribution in [1.29, 1.82) is 0 Å². The van der Waals surface area contributed by atoms with Crippen molar-refractivity contribution in [3.63, 3.8) is 0 Å². The molecule has 78 valence electrons. The third-order valence-electron chi connectivity index (χ3n) is 1.91. The van der Waals surface area contributed by atoms with Crippen molar-refractivity contribution in [1.82, 2.24) is 0 Å². The monoisotopic (exact) mass is 265 g/mol. The average molecular weight is 266 g/mol. The number of benzene rings is 1. The molecule has 0 fully saturated rings. The van der Waals surface area contributed by atoms with Gasteiger partial charge in [0, 0.05) is 10.0 Å². The van der Waals surface area contributed by atoms with E-state index in [2.05, 4.69) is 15.9 Å². The minimum atomic E-state index is -1.41. The van der Waals surface area contributed by atoms with Crippen molar-refractivity contribution in [3.05, 3.63) is 33.8 Å². The molecule has 0 bridgehead atoms. The van der Waals surface area contributed by atoms with Crippen LogP contribution in [0, 0.1) is 11.6 Å². The molecule has 0 aliphatic rings. The lowest BCUT2D eigenvalue weighted by Gasteiger charge is -2.23. The van der Waals surface area contributed by atoms with E-state index < -0.39 is 23.8 Å². The molecule has 1 atom stereocenters. The van der Waals surface area contributed by atoms with Crippen LogP contribution in [0.4, 0.5) is 8.78 Å². The first-order valence-electron chi connectivity index (χ1n) is 3.93. The first-order valence-corrected chi connectivity index (χ1v) is 4.72. The fourth-order valence-electron chi connectivity index (χ4n) is 1.17. The number of rotatable bonds is 2. The molecule has 0 aromatic heterocycles. The Morgan fingerprint density at radius 2 is 1.86 bits per heavy atom. The van der Waals surface area contributed by atoms with Gasteiger partial charge < -0.3 is 10.8 Å². The van der Waals surface area contributed by atoms with Gasteiger partial charge in [0.2, 0.25) is 0 Å².